The lowest BCUT2D eigenvalue weighted by molar-refractivity contribution is -0.128. The lowest BCUT2D eigenvalue weighted by atomic mass is 10.2. The Hall–Kier alpha value is -2.64. The molecule has 7 heteroatoms. The van der Waals surface area contributed by atoms with Gasteiger partial charge in [-0.2, -0.15) is 0 Å². The highest BCUT2D eigenvalue weighted by Gasteiger charge is 2.33. The van der Waals surface area contributed by atoms with Gasteiger partial charge in [0.25, 0.3) is 5.91 Å². The molecule has 0 spiro atoms. The number of hydrogen-bond acceptors (Lipinski definition) is 5. The molecule has 27 heavy (non-hydrogen) atoms. The van der Waals surface area contributed by atoms with Gasteiger partial charge in [-0.05, 0) is 29.3 Å². The second-order valence-electron chi connectivity index (χ2n) is 5.80. The molecule has 1 aliphatic heterocycles. The minimum Gasteiger partial charge on any atom is -0.497 e. The highest BCUT2D eigenvalue weighted by atomic mass is 32.2. The van der Waals surface area contributed by atoms with Crippen LogP contribution in [-0.2, 0) is 16.1 Å². The molecule has 1 N–H and O–H groups in total. The SMILES string of the molecule is COc1ccc(/C=C2\SC(=S)N(CC(=O)NCc3ccccc3)C2=O)cc1. The molecule has 0 bridgehead atoms. The van der Waals surface area contributed by atoms with E-state index in [4.69, 9.17) is 17.0 Å². The summed E-state index contributed by atoms with van der Waals surface area (Å²) in [4.78, 5) is 26.6. The Morgan fingerprint density at radius 1 is 1.19 bits per heavy atom. The van der Waals surface area contributed by atoms with Gasteiger partial charge in [0.05, 0.1) is 12.0 Å². The first-order valence-electron chi connectivity index (χ1n) is 8.27. The maximum absolute atomic E-state index is 12.6. The lowest BCUT2D eigenvalue weighted by Crippen LogP contribution is -2.39. The summed E-state index contributed by atoms with van der Waals surface area (Å²) in [5, 5.41) is 2.81. The average Bonchev–Trinajstić information content (AvgIpc) is 2.95. The fourth-order valence-corrected chi connectivity index (χ4v) is 3.74. The standard InChI is InChI=1S/C20H18N2O3S2/c1-25-16-9-7-14(8-10-16)11-17-19(24)22(20(26)27-17)13-18(23)21-12-15-5-3-2-4-6-15/h2-11H,12-13H2,1H3,(H,21,23)/b17-11-. The Labute approximate surface area is 167 Å². The maximum atomic E-state index is 12.6. The molecule has 3 rings (SSSR count). The first kappa shape index (κ1) is 19.1. The highest BCUT2D eigenvalue weighted by Crippen LogP contribution is 2.32. The number of hydrogen-bond donors (Lipinski definition) is 1. The summed E-state index contributed by atoms with van der Waals surface area (Å²) in [6.45, 7) is 0.327. The van der Waals surface area contributed by atoms with Crippen molar-refractivity contribution in [2.24, 2.45) is 0 Å². The normalized spacial score (nSPS) is 15.3. The molecular weight excluding hydrogens is 380 g/mol. The van der Waals surface area contributed by atoms with Gasteiger partial charge in [-0.3, -0.25) is 14.5 Å². The van der Waals surface area contributed by atoms with E-state index in [2.05, 4.69) is 5.32 Å². The molecule has 1 saturated heterocycles. The Morgan fingerprint density at radius 3 is 2.56 bits per heavy atom. The van der Waals surface area contributed by atoms with Crippen LogP contribution in [0, 0.1) is 0 Å². The molecule has 0 aliphatic carbocycles. The van der Waals surface area contributed by atoms with Crippen LogP contribution in [0.25, 0.3) is 6.08 Å². The molecule has 2 amide bonds. The fraction of sp³-hybridized carbons (Fsp3) is 0.150. The first-order valence-corrected chi connectivity index (χ1v) is 9.49. The monoisotopic (exact) mass is 398 g/mol. The van der Waals surface area contributed by atoms with E-state index < -0.39 is 0 Å². The molecule has 0 aromatic heterocycles. The zero-order chi connectivity index (χ0) is 19.2. The number of nitrogens with one attached hydrogen (secondary N) is 1. The van der Waals surface area contributed by atoms with Crippen LogP contribution in [0.15, 0.2) is 59.5 Å². The zero-order valence-corrected chi connectivity index (χ0v) is 16.3. The van der Waals surface area contributed by atoms with Crippen LogP contribution in [0.2, 0.25) is 0 Å². The average molecular weight is 399 g/mol. The maximum Gasteiger partial charge on any atom is 0.266 e. The van der Waals surface area contributed by atoms with Crippen LogP contribution in [0.1, 0.15) is 11.1 Å². The highest BCUT2D eigenvalue weighted by molar-refractivity contribution is 8.26. The smallest absolute Gasteiger partial charge is 0.266 e. The van der Waals surface area contributed by atoms with Gasteiger partial charge in [-0.15, -0.1) is 0 Å². The predicted octanol–water partition coefficient (Wildman–Crippen LogP) is 3.21. The predicted molar refractivity (Wildman–Crippen MR) is 111 cm³/mol. The van der Waals surface area contributed by atoms with Gasteiger partial charge < -0.3 is 10.1 Å². The summed E-state index contributed by atoms with van der Waals surface area (Å²) in [5.74, 6) is 0.242. The minimum atomic E-state index is -0.254. The van der Waals surface area contributed by atoms with Crippen LogP contribution >= 0.6 is 24.0 Å². The minimum absolute atomic E-state index is 0.0859. The first-order chi connectivity index (χ1) is 13.1. The van der Waals surface area contributed by atoms with E-state index in [1.165, 1.54) is 16.7 Å². The second-order valence-corrected chi connectivity index (χ2v) is 7.48. The van der Waals surface area contributed by atoms with Gasteiger partial charge in [-0.25, -0.2) is 0 Å². The fourth-order valence-electron chi connectivity index (χ4n) is 2.48. The number of methoxy groups -OCH3 is 1. The van der Waals surface area contributed by atoms with E-state index in [9.17, 15) is 9.59 Å². The number of amides is 2. The van der Waals surface area contributed by atoms with Gasteiger partial charge in [-0.1, -0.05) is 66.4 Å². The number of thiocarbonyl (C=S) groups is 1. The number of ether oxygens (including phenoxy) is 1. The van der Waals surface area contributed by atoms with Crippen molar-refractivity contribution < 1.29 is 14.3 Å². The number of thioether (sulfide) groups is 1. The van der Waals surface area contributed by atoms with Crippen molar-refractivity contribution in [2.75, 3.05) is 13.7 Å². The third-order valence-corrected chi connectivity index (χ3v) is 5.30. The van der Waals surface area contributed by atoms with E-state index in [0.29, 0.717) is 15.8 Å². The van der Waals surface area contributed by atoms with Crippen molar-refractivity contribution in [2.45, 2.75) is 6.54 Å². The van der Waals surface area contributed by atoms with Crippen molar-refractivity contribution in [3.8, 4) is 5.75 Å². The van der Waals surface area contributed by atoms with E-state index in [0.717, 1.165) is 16.9 Å². The largest absolute Gasteiger partial charge is 0.497 e. The summed E-state index contributed by atoms with van der Waals surface area (Å²) in [7, 11) is 1.60. The second kappa shape index (κ2) is 8.83. The molecule has 0 unspecified atom stereocenters. The van der Waals surface area contributed by atoms with Gasteiger partial charge in [0.2, 0.25) is 5.91 Å². The Kier molecular flexibility index (Phi) is 6.26. The number of rotatable bonds is 6. The molecule has 0 saturated carbocycles. The molecule has 1 fully saturated rings. The van der Waals surface area contributed by atoms with E-state index in [-0.39, 0.29) is 18.4 Å². The number of nitrogens with zero attached hydrogens (tertiary/aromatic N) is 1. The van der Waals surface area contributed by atoms with Gasteiger partial charge in [0, 0.05) is 6.54 Å². The summed E-state index contributed by atoms with van der Waals surface area (Å²) >= 11 is 6.47. The molecule has 0 atom stereocenters. The van der Waals surface area contributed by atoms with Crippen molar-refractivity contribution in [1.82, 2.24) is 10.2 Å². The molecule has 2 aromatic carbocycles. The van der Waals surface area contributed by atoms with Crippen molar-refractivity contribution >= 4 is 46.2 Å². The molecule has 5 nitrogen and oxygen atoms in total. The van der Waals surface area contributed by atoms with Gasteiger partial charge >= 0.3 is 0 Å². The topological polar surface area (TPSA) is 58.6 Å². The van der Waals surface area contributed by atoms with Gasteiger partial charge in [0.15, 0.2) is 0 Å². The summed E-state index contributed by atoms with van der Waals surface area (Å²) in [6.07, 6.45) is 1.76. The van der Waals surface area contributed by atoms with Crippen LogP contribution in [0.3, 0.4) is 0 Å². The molecule has 1 aliphatic rings. The number of benzene rings is 2. The summed E-state index contributed by atoms with van der Waals surface area (Å²) in [6, 6.07) is 17.0. The zero-order valence-electron chi connectivity index (χ0n) is 14.7. The van der Waals surface area contributed by atoms with Crippen molar-refractivity contribution in [3.05, 3.63) is 70.6 Å². The molecule has 138 valence electrons. The Balaban J connectivity index is 1.61. The number of carbonyl (C=O) groups excluding carboxylic acids is 2. The molecule has 0 radical (unpaired) electrons. The quantitative estimate of drug-likeness (QED) is 0.598. The van der Waals surface area contributed by atoms with Crippen LogP contribution in [-0.4, -0.2) is 34.7 Å². The summed E-state index contributed by atoms with van der Waals surface area (Å²) in [5.41, 5.74) is 1.86. The molecule has 2 aromatic rings. The third kappa shape index (κ3) is 4.96. The molecular formula is C20H18N2O3S2. The molecule has 1 heterocycles. The van der Waals surface area contributed by atoms with Crippen LogP contribution in [0.4, 0.5) is 0 Å². The lowest BCUT2D eigenvalue weighted by Gasteiger charge is -2.14. The van der Waals surface area contributed by atoms with Gasteiger partial charge in [0.1, 0.15) is 16.6 Å². The van der Waals surface area contributed by atoms with Crippen LogP contribution in [0.5, 0.6) is 5.75 Å². The third-order valence-electron chi connectivity index (χ3n) is 3.92. The Morgan fingerprint density at radius 2 is 1.89 bits per heavy atom. The van der Waals surface area contributed by atoms with E-state index >= 15 is 0 Å². The summed E-state index contributed by atoms with van der Waals surface area (Å²) < 4.78 is 5.51. The van der Waals surface area contributed by atoms with E-state index in [1.54, 1.807) is 13.2 Å². The van der Waals surface area contributed by atoms with Crippen molar-refractivity contribution in [1.29, 1.82) is 0 Å². The number of carbonyl (C=O) groups is 2. The van der Waals surface area contributed by atoms with Crippen molar-refractivity contribution in [3.63, 3.8) is 0 Å². The Bertz CT molecular complexity index is 880. The van der Waals surface area contributed by atoms with E-state index in [1.807, 2.05) is 54.6 Å². The van der Waals surface area contributed by atoms with Crippen LogP contribution < -0.4 is 10.1 Å².